The van der Waals surface area contributed by atoms with Crippen molar-refractivity contribution in [3.8, 4) is 5.75 Å². The van der Waals surface area contributed by atoms with Gasteiger partial charge in [-0.2, -0.15) is 0 Å². The fraction of sp³-hybridized carbons (Fsp3) is 0.455. The van der Waals surface area contributed by atoms with Gasteiger partial charge in [-0.15, -0.1) is 0 Å². The summed E-state index contributed by atoms with van der Waals surface area (Å²) in [5.74, 6) is 1.89. The summed E-state index contributed by atoms with van der Waals surface area (Å²) >= 11 is 0. The maximum Gasteiger partial charge on any atom is 0.151 e. The van der Waals surface area contributed by atoms with Crippen LogP contribution in [0.2, 0.25) is 0 Å². The van der Waals surface area contributed by atoms with Gasteiger partial charge in [0.25, 0.3) is 0 Å². The van der Waals surface area contributed by atoms with Crippen LogP contribution in [0.5, 0.6) is 5.75 Å². The predicted molar refractivity (Wildman–Crippen MR) is 144 cm³/mol. The molecule has 1 saturated heterocycles. The molecule has 4 heteroatoms. The third-order valence-corrected chi connectivity index (χ3v) is 11.3. The molecule has 0 radical (unpaired) electrons. The molecule has 4 heterocycles. The molecule has 2 bridgehead atoms. The number of hydrogen-bond donors (Lipinski definition) is 1. The number of likely N-dealkylation sites (tertiary alicyclic amines) is 1. The summed E-state index contributed by atoms with van der Waals surface area (Å²) in [7, 11) is 0. The number of benzene rings is 3. The van der Waals surface area contributed by atoms with Crippen LogP contribution in [0, 0.1) is 12.8 Å². The summed E-state index contributed by atoms with van der Waals surface area (Å²) in [5.41, 5.74) is 8.37. The molecule has 10 rings (SSSR count). The number of piperidine rings is 1. The van der Waals surface area contributed by atoms with E-state index in [4.69, 9.17) is 4.74 Å². The molecule has 0 amide bonds. The van der Waals surface area contributed by atoms with Gasteiger partial charge in [0.05, 0.1) is 22.2 Å². The number of nitrogens with zero attached hydrogens (tertiary/aromatic N) is 2. The van der Waals surface area contributed by atoms with E-state index in [0.29, 0.717) is 0 Å². The fourth-order valence-corrected chi connectivity index (χ4v) is 9.61. The maximum atomic E-state index is 13.2. The molecule has 1 N–H and O–H groups in total. The Morgan fingerprint density at radius 2 is 1.97 bits per heavy atom. The summed E-state index contributed by atoms with van der Waals surface area (Å²) in [5, 5.41) is 17.3. The van der Waals surface area contributed by atoms with E-state index in [1.807, 2.05) is 0 Å². The van der Waals surface area contributed by atoms with Gasteiger partial charge in [-0.25, -0.2) is 0 Å². The molecule has 37 heavy (non-hydrogen) atoms. The summed E-state index contributed by atoms with van der Waals surface area (Å²) in [4.78, 5) is 2.68. The lowest BCUT2D eigenvalue weighted by Crippen LogP contribution is -2.74. The van der Waals surface area contributed by atoms with Crippen LogP contribution in [0.15, 0.2) is 42.5 Å². The number of hydrogen-bond acceptors (Lipinski definition) is 3. The average molecular weight is 489 g/mol. The number of rotatable bonds is 2. The molecule has 3 aliphatic heterocycles. The van der Waals surface area contributed by atoms with E-state index in [0.717, 1.165) is 57.0 Å². The minimum atomic E-state index is -0.814. The first-order chi connectivity index (χ1) is 18.1. The van der Waals surface area contributed by atoms with Gasteiger partial charge in [-0.3, -0.25) is 4.90 Å². The second kappa shape index (κ2) is 6.24. The Morgan fingerprint density at radius 1 is 1.05 bits per heavy atom. The summed E-state index contributed by atoms with van der Waals surface area (Å²) in [6.45, 7) is 5.40. The molecular weight excluding hydrogens is 456 g/mol. The van der Waals surface area contributed by atoms with Gasteiger partial charge in [0.15, 0.2) is 6.10 Å². The molecule has 1 saturated carbocycles. The van der Waals surface area contributed by atoms with E-state index >= 15 is 0 Å². The zero-order valence-corrected chi connectivity index (χ0v) is 21.4. The number of ether oxygens (including phenoxy) is 1. The Hall–Kier alpha value is -2.82. The number of aryl methyl sites for hydroxylation is 3. The van der Waals surface area contributed by atoms with Crippen molar-refractivity contribution in [2.24, 2.45) is 5.92 Å². The van der Waals surface area contributed by atoms with E-state index in [1.165, 1.54) is 68.0 Å². The lowest BCUT2D eigenvalue weighted by atomic mass is 9.49. The van der Waals surface area contributed by atoms with Gasteiger partial charge < -0.3 is 14.4 Å². The average Bonchev–Trinajstić information content (AvgIpc) is 3.56. The van der Waals surface area contributed by atoms with Crippen molar-refractivity contribution < 1.29 is 9.84 Å². The van der Waals surface area contributed by atoms with Crippen LogP contribution in [0.25, 0.3) is 21.7 Å². The molecule has 0 unspecified atom stereocenters. The lowest BCUT2D eigenvalue weighted by molar-refractivity contribution is -0.173. The molecule has 4 aromatic rings. The topological polar surface area (TPSA) is 37.6 Å². The minimum absolute atomic E-state index is 0.116. The molecule has 3 aliphatic carbocycles. The van der Waals surface area contributed by atoms with Crippen molar-refractivity contribution in [3.63, 3.8) is 0 Å². The first kappa shape index (κ1) is 20.2. The van der Waals surface area contributed by atoms with E-state index in [2.05, 4.69) is 58.9 Å². The van der Waals surface area contributed by atoms with Gasteiger partial charge in [-0.1, -0.05) is 42.5 Å². The van der Waals surface area contributed by atoms with Crippen LogP contribution in [-0.2, 0) is 31.2 Å². The lowest BCUT2D eigenvalue weighted by Gasteiger charge is -2.63. The van der Waals surface area contributed by atoms with Crippen molar-refractivity contribution in [2.45, 2.75) is 75.2 Å². The highest BCUT2D eigenvalue weighted by Crippen LogP contribution is 2.69. The Morgan fingerprint density at radius 3 is 2.86 bits per heavy atom. The Kier molecular flexibility index (Phi) is 3.41. The van der Waals surface area contributed by atoms with Gasteiger partial charge >= 0.3 is 0 Å². The largest absolute Gasteiger partial charge is 0.483 e. The molecule has 2 fully saturated rings. The van der Waals surface area contributed by atoms with Gasteiger partial charge in [-0.05, 0) is 79.1 Å². The smallest absolute Gasteiger partial charge is 0.151 e. The number of fused-ring (bicyclic) bond motifs is 4. The second-order valence-corrected chi connectivity index (χ2v) is 13.0. The highest BCUT2D eigenvalue weighted by atomic mass is 16.5. The Balaban J connectivity index is 1.30. The SMILES string of the molecule is Cc1ccc2c3c1O[C@H]1c4c(c5ccc6cccc7c6c5n4CC7)C[C@@]4(O)[C@@H](C2)N(CC2CC2)CC[C@]314. The maximum absolute atomic E-state index is 13.2. The summed E-state index contributed by atoms with van der Waals surface area (Å²) in [6.07, 6.45) is 6.30. The predicted octanol–water partition coefficient (Wildman–Crippen LogP) is 5.36. The van der Waals surface area contributed by atoms with Crippen molar-refractivity contribution in [2.75, 3.05) is 13.1 Å². The molecule has 4 atom stereocenters. The molecule has 1 aromatic heterocycles. The normalized spacial score (nSPS) is 32.6. The fourth-order valence-electron chi connectivity index (χ4n) is 9.61. The monoisotopic (exact) mass is 488 g/mol. The van der Waals surface area contributed by atoms with Crippen molar-refractivity contribution in [1.29, 1.82) is 0 Å². The minimum Gasteiger partial charge on any atom is -0.483 e. The van der Waals surface area contributed by atoms with Crippen molar-refractivity contribution in [3.05, 3.63) is 76.0 Å². The van der Waals surface area contributed by atoms with Gasteiger partial charge in [0.1, 0.15) is 5.75 Å². The molecule has 1 spiro atoms. The number of aliphatic hydroxyl groups is 1. The molecule has 4 nitrogen and oxygen atoms in total. The summed E-state index contributed by atoms with van der Waals surface area (Å²) < 4.78 is 9.75. The first-order valence-electron chi connectivity index (χ1n) is 14.4. The van der Waals surface area contributed by atoms with Crippen LogP contribution >= 0.6 is 0 Å². The van der Waals surface area contributed by atoms with Gasteiger partial charge in [0.2, 0.25) is 0 Å². The van der Waals surface area contributed by atoms with Crippen LogP contribution < -0.4 is 4.74 Å². The Labute approximate surface area is 216 Å². The molecule has 3 aromatic carbocycles. The summed E-state index contributed by atoms with van der Waals surface area (Å²) in [6, 6.07) is 16.2. The molecule has 6 aliphatic rings. The van der Waals surface area contributed by atoms with Gasteiger partial charge in [0, 0.05) is 41.9 Å². The van der Waals surface area contributed by atoms with E-state index in [9.17, 15) is 5.11 Å². The van der Waals surface area contributed by atoms with Crippen LogP contribution in [0.1, 0.15) is 58.9 Å². The zero-order chi connectivity index (χ0) is 24.3. The zero-order valence-electron chi connectivity index (χ0n) is 21.4. The molecule has 186 valence electrons. The van der Waals surface area contributed by atoms with E-state index in [1.54, 1.807) is 0 Å². The van der Waals surface area contributed by atoms with Crippen LogP contribution in [-0.4, -0.2) is 39.3 Å². The highest BCUT2D eigenvalue weighted by molar-refractivity contribution is 6.10. The van der Waals surface area contributed by atoms with E-state index in [-0.39, 0.29) is 17.6 Å². The van der Waals surface area contributed by atoms with E-state index < -0.39 is 5.60 Å². The Bertz CT molecular complexity index is 1710. The third kappa shape index (κ3) is 2.13. The second-order valence-electron chi connectivity index (χ2n) is 13.0. The van der Waals surface area contributed by atoms with Crippen molar-refractivity contribution in [1.82, 2.24) is 9.47 Å². The van der Waals surface area contributed by atoms with Crippen LogP contribution in [0.4, 0.5) is 0 Å². The first-order valence-corrected chi connectivity index (χ1v) is 14.4. The molecular formula is C33H32N2O2. The standard InChI is InChI=1S/C33H32N2O2/c1-18-5-8-22-15-25-33(36)16-24-23-10-9-20-3-2-4-21-11-13-35(28(23)26(20)21)29(24)31-32(33,27(22)30(18)37-31)12-14-34(25)17-19-6-7-19/h2-5,8-10,19,25,31,36H,6-7,11-17H2,1H3/t25-,31+,32+,33-/m1/s1. The highest BCUT2D eigenvalue weighted by Gasteiger charge is 2.73. The quantitative estimate of drug-likeness (QED) is 0.413. The van der Waals surface area contributed by atoms with Crippen molar-refractivity contribution >= 4 is 21.7 Å². The number of aromatic nitrogens is 1. The third-order valence-electron chi connectivity index (χ3n) is 11.3. The van der Waals surface area contributed by atoms with Crippen LogP contribution in [0.3, 0.4) is 0 Å².